The summed E-state index contributed by atoms with van der Waals surface area (Å²) in [6.07, 6.45) is 0.204. The number of amides is 2. The van der Waals surface area contributed by atoms with Crippen LogP contribution < -0.4 is 5.32 Å². The van der Waals surface area contributed by atoms with Crippen molar-refractivity contribution in [2.45, 2.75) is 51.7 Å². The number of benzene rings is 3. The van der Waals surface area contributed by atoms with Crippen LogP contribution in [0.3, 0.4) is 0 Å². The van der Waals surface area contributed by atoms with Crippen LogP contribution in [0.1, 0.15) is 49.8 Å². The largest absolute Gasteiger partial charge is 0.352 e. The zero-order valence-electron chi connectivity index (χ0n) is 19.7. The number of halogens is 2. The van der Waals surface area contributed by atoms with Gasteiger partial charge in [0.15, 0.2) is 0 Å². The molecule has 0 aliphatic carbocycles. The zero-order chi connectivity index (χ0) is 24.7. The van der Waals surface area contributed by atoms with Gasteiger partial charge in [-0.1, -0.05) is 89.9 Å². The molecule has 0 heterocycles. The second-order valence-electron chi connectivity index (χ2n) is 8.64. The highest BCUT2D eigenvalue weighted by atomic mass is 35.5. The van der Waals surface area contributed by atoms with E-state index in [1.807, 2.05) is 74.5 Å². The molecule has 2 amide bonds. The predicted molar refractivity (Wildman–Crippen MR) is 139 cm³/mol. The van der Waals surface area contributed by atoms with Crippen molar-refractivity contribution in [2.75, 3.05) is 0 Å². The Kier molecular flexibility index (Phi) is 9.14. The normalized spacial score (nSPS) is 12.0. The highest BCUT2D eigenvalue weighted by molar-refractivity contribution is 6.36. The van der Waals surface area contributed by atoms with E-state index in [0.29, 0.717) is 15.6 Å². The van der Waals surface area contributed by atoms with Crippen LogP contribution in [0.5, 0.6) is 0 Å². The molecule has 1 atom stereocenters. The summed E-state index contributed by atoms with van der Waals surface area (Å²) in [5.41, 5.74) is 2.70. The van der Waals surface area contributed by atoms with Crippen LogP contribution in [0.4, 0.5) is 0 Å². The first kappa shape index (κ1) is 25.8. The Morgan fingerprint density at radius 3 is 1.76 bits per heavy atom. The van der Waals surface area contributed by atoms with Gasteiger partial charge in [-0.25, -0.2) is 0 Å². The summed E-state index contributed by atoms with van der Waals surface area (Å²) in [4.78, 5) is 28.3. The third-order valence-corrected chi connectivity index (χ3v) is 6.48. The van der Waals surface area contributed by atoms with Crippen LogP contribution >= 0.6 is 23.2 Å². The van der Waals surface area contributed by atoms with E-state index < -0.39 is 6.04 Å². The summed E-state index contributed by atoms with van der Waals surface area (Å²) in [6, 6.07) is 24.4. The highest BCUT2D eigenvalue weighted by Crippen LogP contribution is 2.31. The molecule has 0 spiro atoms. The number of hydrogen-bond acceptors (Lipinski definition) is 2. The molecule has 3 rings (SSSR count). The molecule has 0 aromatic heterocycles. The average molecular weight is 497 g/mol. The first-order valence-corrected chi connectivity index (χ1v) is 12.2. The van der Waals surface area contributed by atoms with Gasteiger partial charge in [-0.3, -0.25) is 9.59 Å². The molecule has 3 aromatic rings. The monoisotopic (exact) mass is 496 g/mol. The van der Waals surface area contributed by atoms with Crippen LogP contribution in [0, 0.1) is 0 Å². The van der Waals surface area contributed by atoms with Crippen molar-refractivity contribution in [1.29, 1.82) is 0 Å². The first-order chi connectivity index (χ1) is 16.3. The molecule has 178 valence electrons. The Labute approximate surface area is 211 Å². The second-order valence-corrected chi connectivity index (χ2v) is 9.45. The number of carbonyl (C=O) groups is 2. The van der Waals surface area contributed by atoms with E-state index in [0.717, 1.165) is 11.1 Å². The molecule has 6 heteroatoms. The fraction of sp³-hybridized carbons (Fsp3) is 0.286. The van der Waals surface area contributed by atoms with Crippen molar-refractivity contribution in [3.63, 3.8) is 0 Å². The summed E-state index contributed by atoms with van der Waals surface area (Å²) in [6.45, 7) is 5.66. The van der Waals surface area contributed by atoms with Gasteiger partial charge in [0.25, 0.3) is 0 Å². The lowest BCUT2D eigenvalue weighted by Gasteiger charge is -2.31. The van der Waals surface area contributed by atoms with Gasteiger partial charge in [0.1, 0.15) is 6.04 Å². The van der Waals surface area contributed by atoms with Crippen molar-refractivity contribution in [2.24, 2.45) is 0 Å². The summed E-state index contributed by atoms with van der Waals surface area (Å²) in [5, 5.41) is 3.84. The second kappa shape index (κ2) is 12.0. The van der Waals surface area contributed by atoms with Gasteiger partial charge < -0.3 is 10.2 Å². The lowest BCUT2D eigenvalue weighted by Crippen LogP contribution is -2.49. The van der Waals surface area contributed by atoms with Gasteiger partial charge in [0, 0.05) is 40.5 Å². The molecule has 4 nitrogen and oxygen atoms in total. The molecular formula is C28H30Cl2N2O2. The molecule has 3 aromatic carbocycles. The van der Waals surface area contributed by atoms with Gasteiger partial charge in [-0.05, 0) is 44.0 Å². The molecule has 0 saturated carbocycles. The van der Waals surface area contributed by atoms with Gasteiger partial charge in [-0.15, -0.1) is 0 Å². The van der Waals surface area contributed by atoms with Crippen LogP contribution in [-0.2, 0) is 16.1 Å². The summed E-state index contributed by atoms with van der Waals surface area (Å²) < 4.78 is 0. The van der Waals surface area contributed by atoms with Gasteiger partial charge in [0.05, 0.1) is 0 Å². The molecular weight excluding hydrogens is 467 g/mol. The lowest BCUT2D eigenvalue weighted by atomic mass is 9.88. The van der Waals surface area contributed by atoms with Crippen LogP contribution in [0.2, 0.25) is 10.0 Å². The molecule has 34 heavy (non-hydrogen) atoms. The van der Waals surface area contributed by atoms with Crippen LogP contribution in [0.25, 0.3) is 0 Å². The smallest absolute Gasteiger partial charge is 0.242 e. The number of carbonyl (C=O) groups excluding carboxylic acids is 2. The maximum Gasteiger partial charge on any atom is 0.242 e. The minimum absolute atomic E-state index is 0.0443. The minimum Gasteiger partial charge on any atom is -0.352 e. The fourth-order valence-electron chi connectivity index (χ4n) is 3.93. The Morgan fingerprint density at radius 2 is 1.29 bits per heavy atom. The molecule has 0 aliphatic rings. The number of rotatable bonds is 9. The van der Waals surface area contributed by atoms with Crippen molar-refractivity contribution in [3.05, 3.63) is 106 Å². The average Bonchev–Trinajstić information content (AvgIpc) is 2.82. The maximum absolute atomic E-state index is 13.8. The molecule has 1 N–H and O–H groups in total. The topological polar surface area (TPSA) is 49.4 Å². The van der Waals surface area contributed by atoms with E-state index in [1.54, 1.807) is 30.0 Å². The Hall–Kier alpha value is -2.82. The molecule has 0 aliphatic heterocycles. The molecule has 0 saturated heterocycles. The van der Waals surface area contributed by atoms with E-state index >= 15 is 0 Å². The van der Waals surface area contributed by atoms with Gasteiger partial charge in [-0.2, -0.15) is 0 Å². The minimum atomic E-state index is -0.700. The SMILES string of the molecule is CC(C)NC(=O)[C@H](C)N(Cc1c(Cl)cccc1Cl)C(=O)CC(c1ccccc1)c1ccccc1. The van der Waals surface area contributed by atoms with Crippen LogP contribution in [0.15, 0.2) is 78.9 Å². The third kappa shape index (κ3) is 6.62. The number of hydrogen-bond donors (Lipinski definition) is 1. The van der Waals surface area contributed by atoms with E-state index in [9.17, 15) is 9.59 Å². The Bertz CT molecular complexity index is 1040. The predicted octanol–water partition coefficient (Wildman–Crippen LogP) is 6.46. The van der Waals surface area contributed by atoms with Gasteiger partial charge >= 0.3 is 0 Å². The standard InChI is InChI=1S/C28H30Cl2N2O2/c1-19(2)31-28(34)20(3)32(18-24-25(29)15-10-16-26(24)30)27(33)17-23(21-11-6-4-7-12-21)22-13-8-5-9-14-22/h4-16,19-20,23H,17-18H2,1-3H3,(H,31,34)/t20-/m0/s1. The molecule has 0 bridgehead atoms. The van der Waals surface area contributed by atoms with E-state index in [4.69, 9.17) is 23.2 Å². The summed E-state index contributed by atoms with van der Waals surface area (Å²) >= 11 is 12.8. The lowest BCUT2D eigenvalue weighted by molar-refractivity contribution is -0.141. The summed E-state index contributed by atoms with van der Waals surface area (Å²) in [7, 11) is 0. The van der Waals surface area contributed by atoms with Crippen molar-refractivity contribution in [1.82, 2.24) is 10.2 Å². The van der Waals surface area contributed by atoms with Crippen LogP contribution in [-0.4, -0.2) is 28.8 Å². The maximum atomic E-state index is 13.8. The molecule has 0 unspecified atom stereocenters. The van der Waals surface area contributed by atoms with Gasteiger partial charge in [0.2, 0.25) is 11.8 Å². The highest BCUT2D eigenvalue weighted by Gasteiger charge is 2.30. The molecule has 0 fully saturated rings. The number of nitrogens with zero attached hydrogens (tertiary/aromatic N) is 1. The number of nitrogens with one attached hydrogen (secondary N) is 1. The zero-order valence-corrected chi connectivity index (χ0v) is 21.2. The summed E-state index contributed by atoms with van der Waals surface area (Å²) in [5.74, 6) is -0.526. The van der Waals surface area contributed by atoms with E-state index in [-0.39, 0.29) is 36.7 Å². The third-order valence-electron chi connectivity index (χ3n) is 5.77. The van der Waals surface area contributed by atoms with E-state index in [2.05, 4.69) is 5.32 Å². The Morgan fingerprint density at radius 1 is 0.794 bits per heavy atom. The Balaban J connectivity index is 1.96. The van der Waals surface area contributed by atoms with E-state index in [1.165, 1.54) is 0 Å². The fourth-order valence-corrected chi connectivity index (χ4v) is 4.45. The quantitative estimate of drug-likeness (QED) is 0.369. The van der Waals surface area contributed by atoms with Crippen molar-refractivity contribution >= 4 is 35.0 Å². The molecule has 0 radical (unpaired) electrons. The first-order valence-electron chi connectivity index (χ1n) is 11.4. The van der Waals surface area contributed by atoms with Crippen molar-refractivity contribution < 1.29 is 9.59 Å². The van der Waals surface area contributed by atoms with Crippen molar-refractivity contribution in [3.8, 4) is 0 Å².